The fourth-order valence-electron chi connectivity index (χ4n) is 2.18. The van der Waals surface area contributed by atoms with Crippen LogP contribution in [0.2, 0.25) is 0 Å². The monoisotopic (exact) mass is 243 g/mol. The van der Waals surface area contributed by atoms with Gasteiger partial charge in [-0.25, -0.2) is 4.79 Å². The van der Waals surface area contributed by atoms with Gasteiger partial charge < -0.3 is 10.2 Å². The third kappa shape index (κ3) is 2.51. The van der Waals surface area contributed by atoms with Crippen LogP contribution in [0.4, 0.5) is 0 Å². The highest BCUT2D eigenvalue weighted by molar-refractivity contribution is 5.80. The molecule has 1 aromatic heterocycles. The Morgan fingerprint density at radius 1 is 1.39 bits per heavy atom. The van der Waals surface area contributed by atoms with Crippen molar-refractivity contribution in [3.63, 3.8) is 0 Å². The summed E-state index contributed by atoms with van der Waals surface area (Å²) >= 11 is 0. The van der Waals surface area contributed by atoms with Crippen molar-refractivity contribution in [1.82, 2.24) is 0 Å². The Morgan fingerprint density at radius 3 is 2.89 bits per heavy atom. The van der Waals surface area contributed by atoms with Crippen molar-refractivity contribution in [1.29, 1.82) is 0 Å². The van der Waals surface area contributed by atoms with E-state index in [0.717, 1.165) is 23.8 Å². The van der Waals surface area contributed by atoms with Crippen LogP contribution >= 0.6 is 0 Å². The molecule has 1 unspecified atom stereocenters. The van der Waals surface area contributed by atoms with Gasteiger partial charge in [0.05, 0.1) is 0 Å². The fourth-order valence-corrected chi connectivity index (χ4v) is 2.18. The summed E-state index contributed by atoms with van der Waals surface area (Å²) < 4.78 is 5.19. The summed E-state index contributed by atoms with van der Waals surface area (Å²) in [5.41, 5.74) is 6.82. The molecule has 0 saturated heterocycles. The van der Waals surface area contributed by atoms with Crippen LogP contribution in [-0.4, -0.2) is 6.54 Å². The van der Waals surface area contributed by atoms with Gasteiger partial charge in [0.2, 0.25) is 0 Å². The quantitative estimate of drug-likeness (QED) is 0.649. The van der Waals surface area contributed by atoms with Gasteiger partial charge in [-0.3, -0.25) is 0 Å². The van der Waals surface area contributed by atoms with Gasteiger partial charge in [0.15, 0.2) is 0 Å². The first-order chi connectivity index (χ1) is 8.76. The number of para-hydroxylation sites is 1. The van der Waals surface area contributed by atoms with Crippen LogP contribution in [-0.2, 0) is 0 Å². The maximum absolute atomic E-state index is 11.6. The Hall–Kier alpha value is -1.87. The molecule has 0 bridgehead atoms. The highest BCUT2D eigenvalue weighted by Crippen LogP contribution is 2.28. The maximum atomic E-state index is 11.6. The number of rotatable bonds is 5. The molecule has 2 N–H and O–H groups in total. The van der Waals surface area contributed by atoms with Gasteiger partial charge in [-0.15, -0.1) is 6.58 Å². The predicted molar refractivity (Wildman–Crippen MR) is 73.7 cm³/mol. The molecule has 0 aliphatic heterocycles. The number of nitrogens with two attached hydrogens (primary N) is 1. The van der Waals surface area contributed by atoms with Gasteiger partial charge in [-0.2, -0.15) is 0 Å². The van der Waals surface area contributed by atoms with Gasteiger partial charge in [0.1, 0.15) is 5.58 Å². The molecule has 0 aliphatic carbocycles. The lowest BCUT2D eigenvalue weighted by molar-refractivity contribution is 0.556. The molecule has 94 valence electrons. The van der Waals surface area contributed by atoms with Crippen molar-refractivity contribution >= 4 is 11.0 Å². The van der Waals surface area contributed by atoms with Gasteiger partial charge in [-0.05, 0) is 31.0 Å². The molecule has 0 fully saturated rings. The molecule has 0 spiro atoms. The third-order valence-corrected chi connectivity index (χ3v) is 3.09. The normalized spacial score (nSPS) is 12.5. The number of hydrogen-bond acceptors (Lipinski definition) is 3. The number of fused-ring (bicyclic) bond motifs is 1. The minimum atomic E-state index is -0.316. The first-order valence-corrected chi connectivity index (χ1v) is 6.11. The lowest BCUT2D eigenvalue weighted by Crippen LogP contribution is -2.06. The van der Waals surface area contributed by atoms with E-state index in [4.69, 9.17) is 10.2 Å². The summed E-state index contributed by atoms with van der Waals surface area (Å²) in [7, 11) is 0. The zero-order chi connectivity index (χ0) is 13.0. The average molecular weight is 243 g/mol. The molecule has 1 aromatic carbocycles. The Morgan fingerprint density at radius 2 is 2.17 bits per heavy atom. The van der Waals surface area contributed by atoms with Crippen LogP contribution in [0.3, 0.4) is 0 Å². The molecule has 2 aromatic rings. The molecule has 0 amide bonds. The van der Waals surface area contributed by atoms with Crippen LogP contribution in [0.1, 0.15) is 24.3 Å². The van der Waals surface area contributed by atoms with E-state index in [1.165, 1.54) is 0 Å². The molecule has 0 radical (unpaired) electrons. The molecular weight excluding hydrogens is 226 g/mol. The zero-order valence-electron chi connectivity index (χ0n) is 10.3. The smallest absolute Gasteiger partial charge is 0.336 e. The van der Waals surface area contributed by atoms with E-state index in [-0.39, 0.29) is 11.5 Å². The summed E-state index contributed by atoms with van der Waals surface area (Å²) in [6.07, 6.45) is 3.68. The summed E-state index contributed by atoms with van der Waals surface area (Å²) in [4.78, 5) is 11.6. The number of allylic oxidation sites excluding steroid dienone is 1. The van der Waals surface area contributed by atoms with Gasteiger partial charge >= 0.3 is 5.63 Å². The molecule has 3 nitrogen and oxygen atoms in total. The topological polar surface area (TPSA) is 56.2 Å². The van der Waals surface area contributed by atoms with Gasteiger partial charge in [-0.1, -0.05) is 24.3 Å². The standard InChI is InChI=1S/C15H17NO2/c1-2-11(6-5-9-16)13-10-15(17)18-14-8-4-3-7-12(13)14/h2-4,7-8,10-11H,1,5-6,9,16H2. The SMILES string of the molecule is C=CC(CCCN)c1cc(=O)oc2ccccc12. The van der Waals surface area contributed by atoms with Crippen molar-refractivity contribution < 1.29 is 4.42 Å². The highest BCUT2D eigenvalue weighted by atomic mass is 16.4. The van der Waals surface area contributed by atoms with E-state index < -0.39 is 0 Å². The predicted octanol–water partition coefficient (Wildman–Crippen LogP) is 2.80. The summed E-state index contributed by atoms with van der Waals surface area (Å²) in [5.74, 6) is 0.141. The first-order valence-electron chi connectivity index (χ1n) is 6.11. The second-order valence-electron chi connectivity index (χ2n) is 4.29. The first kappa shape index (κ1) is 12.6. The fraction of sp³-hybridized carbons (Fsp3) is 0.267. The minimum Gasteiger partial charge on any atom is -0.423 e. The Bertz CT molecular complexity index is 601. The largest absolute Gasteiger partial charge is 0.423 e. The number of benzene rings is 1. The third-order valence-electron chi connectivity index (χ3n) is 3.09. The Kier molecular flexibility index (Phi) is 3.95. The lowest BCUT2D eigenvalue weighted by atomic mass is 9.92. The second-order valence-corrected chi connectivity index (χ2v) is 4.29. The van der Waals surface area contributed by atoms with Crippen LogP contribution in [0, 0.1) is 0 Å². The lowest BCUT2D eigenvalue weighted by Gasteiger charge is -2.14. The minimum absolute atomic E-state index is 0.141. The van der Waals surface area contributed by atoms with Gasteiger partial charge in [0.25, 0.3) is 0 Å². The molecular formula is C15H17NO2. The summed E-state index contributed by atoms with van der Waals surface area (Å²) in [5, 5.41) is 0.971. The Labute approximate surface area is 106 Å². The highest BCUT2D eigenvalue weighted by Gasteiger charge is 2.13. The average Bonchev–Trinajstić information content (AvgIpc) is 2.39. The van der Waals surface area contributed by atoms with Crippen molar-refractivity contribution in [2.75, 3.05) is 6.54 Å². The van der Waals surface area contributed by atoms with Gasteiger partial charge in [0, 0.05) is 17.4 Å². The van der Waals surface area contributed by atoms with Crippen molar-refractivity contribution in [2.24, 2.45) is 5.73 Å². The van der Waals surface area contributed by atoms with E-state index in [0.29, 0.717) is 12.1 Å². The number of hydrogen-bond donors (Lipinski definition) is 1. The van der Waals surface area contributed by atoms with E-state index >= 15 is 0 Å². The van der Waals surface area contributed by atoms with E-state index in [9.17, 15) is 4.79 Å². The zero-order valence-corrected chi connectivity index (χ0v) is 10.3. The molecule has 2 rings (SSSR count). The molecule has 1 heterocycles. The van der Waals surface area contributed by atoms with E-state index in [1.54, 1.807) is 6.07 Å². The van der Waals surface area contributed by atoms with Crippen molar-refractivity contribution in [3.8, 4) is 0 Å². The van der Waals surface area contributed by atoms with E-state index in [1.807, 2.05) is 30.3 Å². The second kappa shape index (κ2) is 5.65. The van der Waals surface area contributed by atoms with Crippen LogP contribution in [0.15, 0.2) is 52.2 Å². The van der Waals surface area contributed by atoms with Crippen LogP contribution in [0.25, 0.3) is 11.0 Å². The Balaban J connectivity index is 2.54. The molecule has 0 aliphatic rings. The van der Waals surface area contributed by atoms with E-state index in [2.05, 4.69) is 6.58 Å². The molecule has 1 atom stereocenters. The molecule has 3 heteroatoms. The van der Waals surface area contributed by atoms with Crippen LogP contribution < -0.4 is 11.4 Å². The maximum Gasteiger partial charge on any atom is 0.336 e. The molecule has 0 saturated carbocycles. The van der Waals surface area contributed by atoms with Crippen LogP contribution in [0.5, 0.6) is 0 Å². The molecule has 18 heavy (non-hydrogen) atoms. The van der Waals surface area contributed by atoms with Crippen molar-refractivity contribution in [3.05, 3.63) is 59.0 Å². The van der Waals surface area contributed by atoms with Crippen molar-refractivity contribution in [2.45, 2.75) is 18.8 Å². The summed E-state index contributed by atoms with van der Waals surface area (Å²) in [6, 6.07) is 9.13. The summed E-state index contributed by atoms with van der Waals surface area (Å²) in [6.45, 7) is 4.50.